The van der Waals surface area contributed by atoms with Gasteiger partial charge in [0, 0.05) is 25.1 Å². The van der Waals surface area contributed by atoms with Gasteiger partial charge in [-0.3, -0.25) is 9.59 Å². The molecule has 1 N–H and O–H groups in total. The number of fused-ring (bicyclic) bond motifs is 1. The molecule has 0 spiro atoms. The van der Waals surface area contributed by atoms with Gasteiger partial charge in [0.05, 0.1) is 18.7 Å². The summed E-state index contributed by atoms with van der Waals surface area (Å²) >= 11 is 0. The molecule has 2 aromatic carbocycles. The summed E-state index contributed by atoms with van der Waals surface area (Å²) < 4.78 is 11.0. The van der Waals surface area contributed by atoms with Gasteiger partial charge >= 0.3 is 0 Å². The molecule has 1 fully saturated rings. The first-order valence-electron chi connectivity index (χ1n) is 9.63. The van der Waals surface area contributed by atoms with Crippen molar-refractivity contribution < 1.29 is 18.7 Å². The Kier molecular flexibility index (Phi) is 4.96. The number of rotatable bonds is 5. The third-order valence-electron chi connectivity index (χ3n) is 5.12. The average molecular weight is 393 g/mol. The molecule has 0 radical (unpaired) electrons. The molecule has 1 aromatic heterocycles. The van der Waals surface area contributed by atoms with E-state index in [0.717, 1.165) is 5.56 Å². The third-order valence-corrected chi connectivity index (χ3v) is 5.12. The SMILES string of the molecule is CCc1nc2cc(NC(=O)C3CC(=O)N(c4cc(C)ccc4OC)C3)ccc2o1. The summed E-state index contributed by atoms with van der Waals surface area (Å²) in [6.45, 7) is 4.24. The fourth-order valence-electron chi connectivity index (χ4n) is 3.58. The summed E-state index contributed by atoms with van der Waals surface area (Å²) in [6, 6.07) is 11.0. The molecule has 2 heterocycles. The molecule has 7 nitrogen and oxygen atoms in total. The number of nitrogens with one attached hydrogen (secondary N) is 1. The van der Waals surface area contributed by atoms with Crippen molar-refractivity contribution in [2.24, 2.45) is 5.92 Å². The second kappa shape index (κ2) is 7.58. The number of hydrogen-bond acceptors (Lipinski definition) is 5. The quantitative estimate of drug-likeness (QED) is 0.714. The van der Waals surface area contributed by atoms with E-state index in [1.807, 2.05) is 32.0 Å². The van der Waals surface area contributed by atoms with Gasteiger partial charge in [-0.05, 0) is 42.8 Å². The van der Waals surface area contributed by atoms with Crippen LogP contribution in [0, 0.1) is 12.8 Å². The van der Waals surface area contributed by atoms with Crippen molar-refractivity contribution in [2.45, 2.75) is 26.7 Å². The van der Waals surface area contributed by atoms with Gasteiger partial charge < -0.3 is 19.4 Å². The van der Waals surface area contributed by atoms with Crippen LogP contribution in [0.1, 0.15) is 24.8 Å². The largest absolute Gasteiger partial charge is 0.495 e. The summed E-state index contributed by atoms with van der Waals surface area (Å²) in [4.78, 5) is 31.4. The first-order valence-corrected chi connectivity index (χ1v) is 9.63. The standard InChI is InChI=1S/C22H23N3O4/c1-4-20-24-16-11-15(6-8-18(16)29-20)23-22(27)14-10-21(26)25(12-14)17-9-13(2)5-7-19(17)28-3/h5-9,11,14H,4,10,12H2,1-3H3,(H,23,27). The van der Waals surface area contributed by atoms with Gasteiger partial charge in [0.15, 0.2) is 11.5 Å². The van der Waals surface area contributed by atoms with Crippen molar-refractivity contribution in [3.8, 4) is 5.75 Å². The molecule has 1 unspecified atom stereocenters. The van der Waals surface area contributed by atoms with Crippen LogP contribution in [0.3, 0.4) is 0 Å². The number of hydrogen-bond donors (Lipinski definition) is 1. The zero-order chi connectivity index (χ0) is 20.5. The molecule has 1 atom stereocenters. The molecule has 7 heteroatoms. The zero-order valence-corrected chi connectivity index (χ0v) is 16.7. The number of aryl methyl sites for hydroxylation is 2. The predicted octanol–water partition coefficient (Wildman–Crippen LogP) is 3.70. The fourth-order valence-corrected chi connectivity index (χ4v) is 3.58. The number of methoxy groups -OCH3 is 1. The number of carbonyl (C=O) groups excluding carboxylic acids is 2. The van der Waals surface area contributed by atoms with Crippen molar-refractivity contribution in [1.82, 2.24) is 4.98 Å². The summed E-state index contributed by atoms with van der Waals surface area (Å²) in [5.41, 5.74) is 3.75. The monoisotopic (exact) mass is 393 g/mol. The average Bonchev–Trinajstić information content (AvgIpc) is 3.30. The number of anilines is 2. The van der Waals surface area contributed by atoms with Crippen molar-refractivity contribution in [1.29, 1.82) is 0 Å². The van der Waals surface area contributed by atoms with Gasteiger partial charge in [0.25, 0.3) is 0 Å². The van der Waals surface area contributed by atoms with E-state index in [1.54, 1.807) is 30.2 Å². The van der Waals surface area contributed by atoms with Crippen LogP contribution in [-0.4, -0.2) is 30.5 Å². The normalized spacial score (nSPS) is 16.4. The van der Waals surface area contributed by atoms with E-state index in [-0.39, 0.29) is 18.2 Å². The smallest absolute Gasteiger partial charge is 0.229 e. The van der Waals surface area contributed by atoms with E-state index in [9.17, 15) is 9.59 Å². The van der Waals surface area contributed by atoms with Crippen LogP contribution in [0.25, 0.3) is 11.1 Å². The minimum Gasteiger partial charge on any atom is -0.495 e. The summed E-state index contributed by atoms with van der Waals surface area (Å²) in [7, 11) is 1.57. The van der Waals surface area contributed by atoms with E-state index in [0.29, 0.717) is 47.1 Å². The van der Waals surface area contributed by atoms with E-state index >= 15 is 0 Å². The highest BCUT2D eigenvalue weighted by molar-refractivity contribution is 6.04. The number of nitrogens with zero attached hydrogens (tertiary/aromatic N) is 2. The number of amides is 2. The molecule has 1 aliphatic rings. The van der Waals surface area contributed by atoms with Crippen LogP contribution >= 0.6 is 0 Å². The number of ether oxygens (including phenoxy) is 1. The highest BCUT2D eigenvalue weighted by Crippen LogP contribution is 2.34. The summed E-state index contributed by atoms with van der Waals surface area (Å²) in [6.07, 6.45) is 0.869. The molecule has 0 saturated carbocycles. The van der Waals surface area contributed by atoms with Crippen molar-refractivity contribution in [2.75, 3.05) is 23.9 Å². The van der Waals surface area contributed by atoms with Gasteiger partial charge in [-0.15, -0.1) is 0 Å². The van der Waals surface area contributed by atoms with Gasteiger partial charge in [-0.2, -0.15) is 0 Å². The first-order chi connectivity index (χ1) is 14.0. The van der Waals surface area contributed by atoms with Crippen LogP contribution in [0.5, 0.6) is 5.75 Å². The van der Waals surface area contributed by atoms with Crippen LogP contribution in [0.15, 0.2) is 40.8 Å². The van der Waals surface area contributed by atoms with Crippen molar-refractivity contribution in [3.63, 3.8) is 0 Å². The maximum absolute atomic E-state index is 12.8. The summed E-state index contributed by atoms with van der Waals surface area (Å²) in [5.74, 6) is 0.562. The van der Waals surface area contributed by atoms with Gasteiger partial charge in [-0.1, -0.05) is 13.0 Å². The Balaban J connectivity index is 1.50. The van der Waals surface area contributed by atoms with E-state index in [1.165, 1.54) is 0 Å². The molecule has 29 heavy (non-hydrogen) atoms. The molecule has 1 saturated heterocycles. The maximum Gasteiger partial charge on any atom is 0.229 e. The highest BCUT2D eigenvalue weighted by atomic mass is 16.5. The molecule has 0 aliphatic carbocycles. The second-order valence-electron chi connectivity index (χ2n) is 7.21. The lowest BCUT2D eigenvalue weighted by molar-refractivity contribution is -0.122. The van der Waals surface area contributed by atoms with E-state index in [2.05, 4.69) is 10.3 Å². The molecule has 1 aliphatic heterocycles. The summed E-state index contributed by atoms with van der Waals surface area (Å²) in [5, 5.41) is 2.91. The molecule has 0 bridgehead atoms. The molecule has 150 valence electrons. The van der Waals surface area contributed by atoms with Crippen LogP contribution < -0.4 is 15.0 Å². The predicted molar refractivity (Wildman–Crippen MR) is 110 cm³/mol. The number of oxazole rings is 1. The topological polar surface area (TPSA) is 84.7 Å². The van der Waals surface area contributed by atoms with E-state index in [4.69, 9.17) is 9.15 Å². The Morgan fingerprint density at radius 1 is 1.31 bits per heavy atom. The molecular weight excluding hydrogens is 370 g/mol. The molecule has 4 rings (SSSR count). The molecule has 2 amide bonds. The van der Waals surface area contributed by atoms with Gasteiger partial charge in [0.2, 0.25) is 11.8 Å². The van der Waals surface area contributed by atoms with Crippen LogP contribution in [-0.2, 0) is 16.0 Å². The Labute approximate surface area is 168 Å². The lowest BCUT2D eigenvalue weighted by Crippen LogP contribution is -2.28. The van der Waals surface area contributed by atoms with E-state index < -0.39 is 5.92 Å². The minimum atomic E-state index is -0.438. The Bertz CT molecular complexity index is 1090. The number of carbonyl (C=O) groups is 2. The van der Waals surface area contributed by atoms with Crippen molar-refractivity contribution in [3.05, 3.63) is 47.9 Å². The lowest BCUT2D eigenvalue weighted by atomic mass is 10.1. The number of benzene rings is 2. The Morgan fingerprint density at radius 2 is 2.14 bits per heavy atom. The fraction of sp³-hybridized carbons (Fsp3) is 0.318. The molecule has 3 aromatic rings. The lowest BCUT2D eigenvalue weighted by Gasteiger charge is -2.20. The highest BCUT2D eigenvalue weighted by Gasteiger charge is 2.36. The maximum atomic E-state index is 12.8. The zero-order valence-electron chi connectivity index (χ0n) is 16.7. The number of aromatic nitrogens is 1. The minimum absolute atomic E-state index is 0.0893. The van der Waals surface area contributed by atoms with Gasteiger partial charge in [-0.25, -0.2) is 4.98 Å². The Hall–Kier alpha value is -3.35. The van der Waals surface area contributed by atoms with Crippen LogP contribution in [0.4, 0.5) is 11.4 Å². The van der Waals surface area contributed by atoms with Gasteiger partial charge in [0.1, 0.15) is 11.3 Å². The first kappa shape index (κ1) is 19.0. The molecular formula is C22H23N3O4. The van der Waals surface area contributed by atoms with Crippen LogP contribution in [0.2, 0.25) is 0 Å². The van der Waals surface area contributed by atoms with Crippen molar-refractivity contribution >= 4 is 34.3 Å². The second-order valence-corrected chi connectivity index (χ2v) is 7.21. The Morgan fingerprint density at radius 3 is 2.90 bits per heavy atom. The third kappa shape index (κ3) is 3.68.